The van der Waals surface area contributed by atoms with Gasteiger partial charge >= 0.3 is 5.69 Å². The molecule has 0 aliphatic rings. The summed E-state index contributed by atoms with van der Waals surface area (Å²) in [4.78, 5) is 18.4. The average molecular weight is 280 g/mol. The molecule has 0 aliphatic carbocycles. The predicted octanol–water partition coefficient (Wildman–Crippen LogP) is 3.02. The van der Waals surface area contributed by atoms with E-state index in [4.69, 9.17) is 16.3 Å². The molecule has 0 atom stereocenters. The Hall–Kier alpha value is -2.21. The third-order valence-corrected chi connectivity index (χ3v) is 2.76. The molecule has 0 fully saturated rings. The molecule has 1 aromatic carbocycles. The molecule has 98 valence electrons. The van der Waals surface area contributed by atoms with Crippen LogP contribution in [0.15, 0.2) is 24.3 Å². The summed E-state index contributed by atoms with van der Waals surface area (Å²) in [5.74, 6) is 1.03. The first kappa shape index (κ1) is 13.2. The summed E-state index contributed by atoms with van der Waals surface area (Å²) in [5, 5.41) is 10.9. The number of aryl methyl sites for hydroxylation is 1. The molecule has 2 aromatic rings. The SMILES string of the molecule is COc1ccc(-c2nc(C)nc(Cl)c2[N+](=O)[O-])cc1. The quantitative estimate of drug-likeness (QED) is 0.490. The maximum Gasteiger partial charge on any atom is 0.332 e. The summed E-state index contributed by atoms with van der Waals surface area (Å²) in [6.07, 6.45) is 0. The fraction of sp³-hybridized carbons (Fsp3) is 0.167. The summed E-state index contributed by atoms with van der Waals surface area (Å²) < 4.78 is 5.04. The van der Waals surface area contributed by atoms with Gasteiger partial charge in [-0.25, -0.2) is 9.97 Å². The van der Waals surface area contributed by atoms with Crippen molar-refractivity contribution in [1.29, 1.82) is 0 Å². The van der Waals surface area contributed by atoms with Crippen LogP contribution in [-0.2, 0) is 0 Å². The standard InChI is InChI=1S/C12H10ClN3O3/c1-7-14-10(11(16(17)18)12(13)15-7)8-3-5-9(19-2)6-4-8/h3-6H,1-2H3. The van der Waals surface area contributed by atoms with Gasteiger partial charge in [0, 0.05) is 5.56 Å². The predicted molar refractivity (Wildman–Crippen MR) is 70.4 cm³/mol. The summed E-state index contributed by atoms with van der Waals surface area (Å²) in [6.45, 7) is 1.63. The fourth-order valence-electron chi connectivity index (χ4n) is 1.64. The van der Waals surface area contributed by atoms with Crippen LogP contribution in [0.4, 0.5) is 5.69 Å². The van der Waals surface area contributed by atoms with E-state index >= 15 is 0 Å². The van der Waals surface area contributed by atoms with Crippen LogP contribution < -0.4 is 4.74 Å². The molecule has 0 N–H and O–H groups in total. The first-order valence-corrected chi connectivity index (χ1v) is 5.73. The topological polar surface area (TPSA) is 78.2 Å². The highest BCUT2D eigenvalue weighted by Crippen LogP contribution is 2.33. The highest BCUT2D eigenvalue weighted by atomic mass is 35.5. The van der Waals surface area contributed by atoms with Crippen molar-refractivity contribution in [3.63, 3.8) is 0 Å². The Bertz CT molecular complexity index is 629. The molecule has 0 saturated carbocycles. The molecule has 0 aliphatic heterocycles. The number of ether oxygens (including phenoxy) is 1. The Labute approximate surface area is 114 Å². The fourth-order valence-corrected chi connectivity index (χ4v) is 1.93. The first-order valence-electron chi connectivity index (χ1n) is 5.36. The molecule has 0 bridgehead atoms. The zero-order valence-electron chi connectivity index (χ0n) is 10.3. The molecule has 1 aromatic heterocycles. The van der Waals surface area contributed by atoms with E-state index < -0.39 is 4.92 Å². The number of aromatic nitrogens is 2. The van der Waals surface area contributed by atoms with Gasteiger partial charge in [0.05, 0.1) is 12.0 Å². The third-order valence-electron chi connectivity index (χ3n) is 2.50. The van der Waals surface area contributed by atoms with Crippen LogP contribution in [0.1, 0.15) is 5.82 Å². The van der Waals surface area contributed by atoms with Crippen LogP contribution in [0.2, 0.25) is 5.15 Å². The zero-order chi connectivity index (χ0) is 14.0. The van der Waals surface area contributed by atoms with E-state index in [1.807, 2.05) is 0 Å². The Morgan fingerprint density at radius 2 is 1.89 bits per heavy atom. The zero-order valence-corrected chi connectivity index (χ0v) is 11.0. The number of halogens is 1. The molecule has 2 rings (SSSR count). The van der Waals surface area contributed by atoms with Gasteiger partial charge in [-0.1, -0.05) is 11.6 Å². The van der Waals surface area contributed by atoms with Crippen molar-refractivity contribution in [2.75, 3.05) is 7.11 Å². The van der Waals surface area contributed by atoms with Gasteiger partial charge in [-0.05, 0) is 31.2 Å². The van der Waals surface area contributed by atoms with Gasteiger partial charge in [0.2, 0.25) is 5.15 Å². The van der Waals surface area contributed by atoms with Crippen molar-refractivity contribution in [3.05, 3.63) is 45.4 Å². The van der Waals surface area contributed by atoms with E-state index in [9.17, 15) is 10.1 Å². The van der Waals surface area contributed by atoms with Gasteiger partial charge in [0.1, 0.15) is 11.6 Å². The highest BCUT2D eigenvalue weighted by Gasteiger charge is 2.23. The Morgan fingerprint density at radius 1 is 1.26 bits per heavy atom. The van der Waals surface area contributed by atoms with Crippen LogP contribution in [0.3, 0.4) is 0 Å². The molecule has 0 unspecified atom stereocenters. The van der Waals surface area contributed by atoms with Crippen molar-refractivity contribution >= 4 is 17.3 Å². The minimum absolute atomic E-state index is 0.164. The second kappa shape index (κ2) is 5.19. The van der Waals surface area contributed by atoms with E-state index in [0.29, 0.717) is 17.1 Å². The van der Waals surface area contributed by atoms with Gasteiger partial charge in [-0.15, -0.1) is 0 Å². The second-order valence-electron chi connectivity index (χ2n) is 3.74. The maximum absolute atomic E-state index is 11.1. The van der Waals surface area contributed by atoms with E-state index in [2.05, 4.69) is 9.97 Å². The Kier molecular flexibility index (Phi) is 3.62. The summed E-state index contributed by atoms with van der Waals surface area (Å²) in [7, 11) is 1.54. The van der Waals surface area contributed by atoms with E-state index in [1.54, 1.807) is 38.3 Å². The van der Waals surface area contributed by atoms with E-state index in [0.717, 1.165) is 0 Å². The Balaban J connectivity index is 2.62. The molecule has 1 heterocycles. The van der Waals surface area contributed by atoms with Gasteiger partial charge in [0.25, 0.3) is 0 Å². The van der Waals surface area contributed by atoms with Crippen molar-refractivity contribution in [3.8, 4) is 17.0 Å². The van der Waals surface area contributed by atoms with Gasteiger partial charge < -0.3 is 4.74 Å². The monoisotopic (exact) mass is 279 g/mol. The smallest absolute Gasteiger partial charge is 0.332 e. The average Bonchev–Trinajstić information content (AvgIpc) is 2.37. The van der Waals surface area contributed by atoms with Crippen molar-refractivity contribution < 1.29 is 9.66 Å². The van der Waals surface area contributed by atoms with Crippen LogP contribution in [0.5, 0.6) is 5.75 Å². The number of methoxy groups -OCH3 is 1. The molecule has 0 saturated heterocycles. The summed E-state index contributed by atoms with van der Waals surface area (Å²) in [5.41, 5.74) is 0.488. The number of nitrogens with zero attached hydrogens (tertiary/aromatic N) is 3. The van der Waals surface area contributed by atoms with Crippen molar-refractivity contribution in [1.82, 2.24) is 9.97 Å². The van der Waals surface area contributed by atoms with Crippen LogP contribution in [0, 0.1) is 17.0 Å². The minimum Gasteiger partial charge on any atom is -0.497 e. The second-order valence-corrected chi connectivity index (χ2v) is 4.10. The van der Waals surface area contributed by atoms with Crippen LogP contribution in [0.25, 0.3) is 11.3 Å². The molecule has 19 heavy (non-hydrogen) atoms. The summed E-state index contributed by atoms with van der Waals surface area (Å²) in [6, 6.07) is 6.77. The minimum atomic E-state index is -0.582. The molecular formula is C12H10ClN3O3. The number of hydrogen-bond acceptors (Lipinski definition) is 5. The lowest BCUT2D eigenvalue weighted by Gasteiger charge is -2.06. The van der Waals surface area contributed by atoms with E-state index in [-0.39, 0.29) is 16.5 Å². The number of benzene rings is 1. The maximum atomic E-state index is 11.1. The highest BCUT2D eigenvalue weighted by molar-refractivity contribution is 6.31. The number of nitro groups is 1. The van der Waals surface area contributed by atoms with Crippen molar-refractivity contribution in [2.24, 2.45) is 0 Å². The molecular weight excluding hydrogens is 270 g/mol. The molecule has 7 heteroatoms. The van der Waals surface area contributed by atoms with Crippen LogP contribution in [-0.4, -0.2) is 22.0 Å². The first-order chi connectivity index (χ1) is 9.02. The normalized spacial score (nSPS) is 10.3. The van der Waals surface area contributed by atoms with Gasteiger partial charge in [0.15, 0.2) is 5.69 Å². The lowest BCUT2D eigenvalue weighted by atomic mass is 10.1. The molecule has 0 amide bonds. The van der Waals surface area contributed by atoms with Crippen LogP contribution >= 0.6 is 11.6 Å². The molecule has 0 spiro atoms. The molecule has 6 nitrogen and oxygen atoms in total. The van der Waals surface area contributed by atoms with Crippen molar-refractivity contribution in [2.45, 2.75) is 6.92 Å². The van der Waals surface area contributed by atoms with Gasteiger partial charge in [-0.2, -0.15) is 0 Å². The number of hydrogen-bond donors (Lipinski definition) is 0. The third kappa shape index (κ3) is 2.63. The summed E-state index contributed by atoms with van der Waals surface area (Å²) >= 11 is 5.82. The Morgan fingerprint density at radius 3 is 2.42 bits per heavy atom. The van der Waals surface area contributed by atoms with Gasteiger partial charge in [-0.3, -0.25) is 10.1 Å². The van der Waals surface area contributed by atoms with E-state index in [1.165, 1.54) is 0 Å². The number of rotatable bonds is 3. The molecule has 0 radical (unpaired) electrons. The lowest BCUT2D eigenvalue weighted by molar-refractivity contribution is -0.384. The largest absolute Gasteiger partial charge is 0.497 e. The lowest BCUT2D eigenvalue weighted by Crippen LogP contribution is -2.00.